The molecule has 1 N–H and O–H groups in total. The molecule has 11 nitrogen and oxygen atoms in total. The summed E-state index contributed by atoms with van der Waals surface area (Å²) in [5.74, 6) is 1.57. The number of benzene rings is 1. The molecular formula is C27H42N6O5. The molecule has 11 heteroatoms. The highest BCUT2D eigenvalue weighted by Crippen LogP contribution is 2.40. The Bertz CT molecular complexity index is 1090. The van der Waals surface area contributed by atoms with Crippen LogP contribution >= 0.6 is 0 Å². The Balaban J connectivity index is 1.36. The Morgan fingerprint density at radius 1 is 0.895 bits per heavy atom. The normalized spacial score (nSPS) is 21.1. The van der Waals surface area contributed by atoms with E-state index >= 15 is 0 Å². The second kappa shape index (κ2) is 13.1. The lowest BCUT2D eigenvalue weighted by Crippen LogP contribution is -2.45. The van der Waals surface area contributed by atoms with Gasteiger partial charge in [0.05, 0.1) is 19.5 Å². The highest BCUT2D eigenvalue weighted by molar-refractivity contribution is 5.91. The minimum Gasteiger partial charge on any atom is -0.489 e. The van der Waals surface area contributed by atoms with Crippen molar-refractivity contribution in [2.24, 2.45) is 0 Å². The summed E-state index contributed by atoms with van der Waals surface area (Å²) in [5.41, 5.74) is 0.233. The zero-order chi connectivity index (χ0) is 26.3. The maximum absolute atomic E-state index is 13.0. The second-order valence-electron chi connectivity index (χ2n) is 10.6. The summed E-state index contributed by atoms with van der Waals surface area (Å²) in [4.78, 5) is 29.7. The molecule has 0 saturated carbocycles. The van der Waals surface area contributed by atoms with Gasteiger partial charge in [-0.3, -0.25) is 14.6 Å². The van der Waals surface area contributed by atoms with E-state index in [2.05, 4.69) is 43.7 Å². The van der Waals surface area contributed by atoms with Crippen molar-refractivity contribution >= 4 is 10.9 Å². The largest absolute Gasteiger partial charge is 0.489 e. The number of rotatable bonds is 10. The van der Waals surface area contributed by atoms with Gasteiger partial charge in [0.2, 0.25) is 0 Å². The molecule has 3 aliphatic heterocycles. The molecule has 0 bridgehead atoms. The van der Waals surface area contributed by atoms with E-state index in [-0.39, 0.29) is 11.7 Å². The van der Waals surface area contributed by atoms with Crippen LogP contribution in [0, 0.1) is 0 Å². The van der Waals surface area contributed by atoms with Crippen LogP contribution in [-0.4, -0.2) is 142 Å². The quantitative estimate of drug-likeness (QED) is 0.474. The van der Waals surface area contributed by atoms with Gasteiger partial charge in [0.25, 0.3) is 5.56 Å². The Morgan fingerprint density at radius 3 is 2.13 bits per heavy atom. The van der Waals surface area contributed by atoms with Crippen molar-refractivity contribution in [3.05, 3.63) is 22.7 Å². The maximum Gasteiger partial charge on any atom is 0.262 e. The molecule has 0 radical (unpaired) electrons. The summed E-state index contributed by atoms with van der Waals surface area (Å²) in [7, 11) is 4.31. The van der Waals surface area contributed by atoms with Crippen molar-refractivity contribution in [1.82, 2.24) is 29.6 Å². The average Bonchev–Trinajstić information content (AvgIpc) is 2.93. The summed E-state index contributed by atoms with van der Waals surface area (Å²) < 4.78 is 24.5. The van der Waals surface area contributed by atoms with Gasteiger partial charge in [0.15, 0.2) is 11.5 Å². The number of aromatic amines is 1. The van der Waals surface area contributed by atoms with Crippen molar-refractivity contribution in [3.63, 3.8) is 0 Å². The van der Waals surface area contributed by atoms with Crippen LogP contribution in [0.15, 0.2) is 17.2 Å². The van der Waals surface area contributed by atoms with Crippen LogP contribution in [0.25, 0.3) is 10.9 Å². The van der Waals surface area contributed by atoms with E-state index in [4.69, 9.17) is 18.9 Å². The molecule has 2 aromatic rings. The highest BCUT2D eigenvalue weighted by atomic mass is 16.5. The number of aromatic nitrogens is 2. The summed E-state index contributed by atoms with van der Waals surface area (Å²) in [5, 5.41) is 0.403. The Hall–Kier alpha value is -2.44. The first kappa shape index (κ1) is 27.1. The molecule has 0 unspecified atom stereocenters. The van der Waals surface area contributed by atoms with Gasteiger partial charge < -0.3 is 33.7 Å². The van der Waals surface area contributed by atoms with Crippen molar-refractivity contribution < 1.29 is 18.9 Å². The molecule has 3 fully saturated rings. The summed E-state index contributed by atoms with van der Waals surface area (Å²) >= 11 is 0. The van der Waals surface area contributed by atoms with Crippen molar-refractivity contribution in [3.8, 4) is 17.2 Å². The van der Waals surface area contributed by atoms with Crippen molar-refractivity contribution in [1.29, 1.82) is 0 Å². The molecule has 3 saturated heterocycles. The Labute approximate surface area is 224 Å². The van der Waals surface area contributed by atoms with Gasteiger partial charge in [0, 0.05) is 84.4 Å². The fourth-order valence-electron chi connectivity index (χ4n) is 5.19. The van der Waals surface area contributed by atoms with Crippen LogP contribution in [0.1, 0.15) is 12.8 Å². The monoisotopic (exact) mass is 530 g/mol. The van der Waals surface area contributed by atoms with E-state index in [1.54, 1.807) is 0 Å². The van der Waals surface area contributed by atoms with Crippen LogP contribution in [0.2, 0.25) is 0 Å². The Morgan fingerprint density at radius 2 is 1.50 bits per heavy atom. The molecular weight excluding hydrogens is 488 g/mol. The first-order chi connectivity index (χ1) is 18.6. The molecule has 0 atom stereocenters. The fraction of sp³-hybridized carbons (Fsp3) is 0.704. The molecule has 5 rings (SSSR count). The molecule has 1 aromatic heterocycles. The molecule has 0 amide bonds. The van der Waals surface area contributed by atoms with Crippen LogP contribution in [0.4, 0.5) is 0 Å². The second-order valence-corrected chi connectivity index (χ2v) is 10.6. The van der Waals surface area contributed by atoms with Gasteiger partial charge in [-0.25, -0.2) is 4.98 Å². The third-order valence-electron chi connectivity index (χ3n) is 7.77. The summed E-state index contributed by atoms with van der Waals surface area (Å²) in [6.07, 6.45) is 2.96. The van der Waals surface area contributed by atoms with E-state index < -0.39 is 0 Å². The van der Waals surface area contributed by atoms with E-state index in [0.717, 1.165) is 78.3 Å². The molecule has 38 heavy (non-hydrogen) atoms. The molecule has 4 heterocycles. The highest BCUT2D eigenvalue weighted by Gasteiger charge is 2.24. The van der Waals surface area contributed by atoms with Gasteiger partial charge in [0.1, 0.15) is 36.0 Å². The van der Waals surface area contributed by atoms with Crippen LogP contribution in [0.3, 0.4) is 0 Å². The SMILES string of the molecule is CN1CCN(CCOc2cc(OC3CCOCC3)c3c(=O)[nH]cnc3c2OCCN2CCN(C)CC2)CC1. The first-order valence-corrected chi connectivity index (χ1v) is 13.9. The van der Waals surface area contributed by atoms with Gasteiger partial charge >= 0.3 is 0 Å². The Kier molecular flexibility index (Phi) is 9.34. The predicted molar refractivity (Wildman–Crippen MR) is 146 cm³/mol. The number of ether oxygens (including phenoxy) is 4. The number of H-pyrrole nitrogens is 1. The molecule has 3 aliphatic rings. The first-order valence-electron chi connectivity index (χ1n) is 13.9. The number of hydrogen-bond donors (Lipinski definition) is 1. The van der Waals surface area contributed by atoms with Gasteiger partial charge in [-0.15, -0.1) is 0 Å². The lowest BCUT2D eigenvalue weighted by molar-refractivity contribution is 0.0260. The zero-order valence-corrected chi connectivity index (χ0v) is 22.8. The molecule has 210 valence electrons. The van der Waals surface area contributed by atoms with E-state index in [9.17, 15) is 4.79 Å². The van der Waals surface area contributed by atoms with Gasteiger partial charge in [-0.1, -0.05) is 0 Å². The molecule has 0 spiro atoms. The average molecular weight is 531 g/mol. The lowest BCUT2D eigenvalue weighted by Gasteiger charge is -2.32. The fourth-order valence-corrected chi connectivity index (χ4v) is 5.19. The number of hydrogen-bond acceptors (Lipinski definition) is 10. The van der Waals surface area contributed by atoms with Crippen LogP contribution in [0.5, 0.6) is 17.2 Å². The van der Waals surface area contributed by atoms with Gasteiger partial charge in [-0.2, -0.15) is 0 Å². The molecule has 1 aromatic carbocycles. The zero-order valence-electron chi connectivity index (χ0n) is 22.8. The standard InChI is InChI=1S/C27H42N6O5/c1-30-5-9-32(10-6-30)13-17-36-23-19-22(38-21-3-15-35-16-4-21)24-25(28-20-29-27(24)34)26(23)37-18-14-33-11-7-31(2)8-12-33/h19-21H,3-18H2,1-2H3,(H,28,29,34). The van der Waals surface area contributed by atoms with Crippen LogP contribution < -0.4 is 19.8 Å². The lowest BCUT2D eigenvalue weighted by atomic mass is 10.1. The van der Waals surface area contributed by atoms with E-state index in [0.29, 0.717) is 54.6 Å². The smallest absolute Gasteiger partial charge is 0.262 e. The number of nitrogens with zero attached hydrogens (tertiary/aromatic N) is 5. The summed E-state index contributed by atoms with van der Waals surface area (Å²) in [6.45, 7) is 12.3. The number of nitrogens with one attached hydrogen (secondary N) is 1. The topological polar surface area (TPSA) is 95.6 Å². The number of likely N-dealkylation sites (N-methyl/N-ethyl adjacent to an activating group) is 2. The summed E-state index contributed by atoms with van der Waals surface area (Å²) in [6, 6.07) is 1.82. The number of fused-ring (bicyclic) bond motifs is 1. The van der Waals surface area contributed by atoms with Gasteiger partial charge in [-0.05, 0) is 14.1 Å². The van der Waals surface area contributed by atoms with E-state index in [1.807, 2.05) is 6.07 Å². The third-order valence-corrected chi connectivity index (χ3v) is 7.77. The maximum atomic E-state index is 13.0. The van der Waals surface area contributed by atoms with E-state index in [1.165, 1.54) is 6.33 Å². The predicted octanol–water partition coefficient (Wildman–Crippen LogP) is 0.733. The molecule has 0 aliphatic carbocycles. The van der Waals surface area contributed by atoms with Crippen LogP contribution in [-0.2, 0) is 4.74 Å². The van der Waals surface area contributed by atoms with Crippen molar-refractivity contribution in [2.75, 3.05) is 106 Å². The number of piperazine rings is 2. The third kappa shape index (κ3) is 6.95. The minimum absolute atomic E-state index is 0.0197. The minimum atomic E-state index is -0.245. The van der Waals surface area contributed by atoms with Crippen molar-refractivity contribution in [2.45, 2.75) is 18.9 Å².